The molecule has 4 heterocycles. The zero-order chi connectivity index (χ0) is 33.3. The molecule has 264 valence electrons. The van der Waals surface area contributed by atoms with Crippen LogP contribution >= 0.6 is 0 Å². The van der Waals surface area contributed by atoms with Gasteiger partial charge >= 0.3 is 0 Å². The molecule has 14 N–H and O–H groups in total. The highest BCUT2D eigenvalue weighted by atomic mass is 16.8. The van der Waals surface area contributed by atoms with Crippen LogP contribution in [-0.4, -0.2) is 221 Å². The molecule has 0 aliphatic carbocycles. The second kappa shape index (κ2) is 15.6. The Labute approximate surface area is 254 Å². The van der Waals surface area contributed by atoms with Gasteiger partial charge < -0.3 is 105 Å². The summed E-state index contributed by atoms with van der Waals surface area (Å²) >= 11 is 0. The molecular formula is C24H42O21. The van der Waals surface area contributed by atoms with E-state index in [1.54, 1.807) is 0 Å². The topological polar surface area (TPSA) is 348 Å². The highest BCUT2D eigenvalue weighted by Crippen LogP contribution is 2.33. The summed E-state index contributed by atoms with van der Waals surface area (Å²) in [6.07, 6.45) is -35.6. The Balaban J connectivity index is 1.56. The summed E-state index contributed by atoms with van der Waals surface area (Å²) in [6.45, 7) is -3.21. The molecule has 0 aromatic rings. The fourth-order valence-electron chi connectivity index (χ4n) is 5.44. The molecule has 0 spiro atoms. The average molecular weight is 667 g/mol. The highest BCUT2D eigenvalue weighted by Gasteiger charge is 2.54. The molecule has 0 bridgehead atoms. The van der Waals surface area contributed by atoms with E-state index in [2.05, 4.69) is 0 Å². The lowest BCUT2D eigenvalue weighted by Crippen LogP contribution is -2.67. The van der Waals surface area contributed by atoms with Crippen molar-refractivity contribution in [3.05, 3.63) is 0 Å². The minimum absolute atomic E-state index is 0.761. The van der Waals surface area contributed by atoms with Gasteiger partial charge in [0.05, 0.1) is 26.4 Å². The van der Waals surface area contributed by atoms with Crippen LogP contribution in [0.3, 0.4) is 0 Å². The first-order valence-corrected chi connectivity index (χ1v) is 14.1. The van der Waals surface area contributed by atoms with Gasteiger partial charge in [-0.2, -0.15) is 0 Å². The summed E-state index contributed by atoms with van der Waals surface area (Å²) < 4.78 is 38.0. The lowest BCUT2D eigenvalue weighted by molar-refractivity contribution is -0.383. The molecule has 0 unspecified atom stereocenters. The van der Waals surface area contributed by atoms with Gasteiger partial charge in [0.15, 0.2) is 25.2 Å². The first-order chi connectivity index (χ1) is 21.2. The van der Waals surface area contributed by atoms with E-state index in [9.17, 15) is 71.5 Å². The Morgan fingerprint density at radius 2 is 0.778 bits per heavy atom. The maximum absolute atomic E-state index is 11.1. The normalized spacial score (nSPS) is 52.9. The van der Waals surface area contributed by atoms with Crippen LogP contribution in [0.15, 0.2) is 0 Å². The monoisotopic (exact) mass is 666 g/mol. The van der Waals surface area contributed by atoms with Gasteiger partial charge in [-0.15, -0.1) is 0 Å². The number of aliphatic hydroxyl groups excluding tert-OH is 14. The number of rotatable bonds is 10. The summed E-state index contributed by atoms with van der Waals surface area (Å²) in [6, 6.07) is 0. The lowest BCUT2D eigenvalue weighted by Gasteiger charge is -2.48. The molecule has 0 aromatic heterocycles. The molecule has 4 rings (SSSR count). The molecule has 20 atom stereocenters. The second-order valence-electron chi connectivity index (χ2n) is 11.2. The Morgan fingerprint density at radius 1 is 0.378 bits per heavy atom. The van der Waals surface area contributed by atoms with Crippen molar-refractivity contribution < 1.29 is 105 Å². The molecule has 21 nitrogen and oxygen atoms in total. The first-order valence-electron chi connectivity index (χ1n) is 14.1. The molecule has 4 aliphatic rings. The van der Waals surface area contributed by atoms with Crippen molar-refractivity contribution in [3.8, 4) is 0 Å². The first kappa shape index (κ1) is 37.0. The van der Waals surface area contributed by atoms with Crippen molar-refractivity contribution in [2.24, 2.45) is 0 Å². The quantitative estimate of drug-likeness (QED) is 0.103. The van der Waals surface area contributed by atoms with Crippen LogP contribution in [0.4, 0.5) is 0 Å². The standard InChI is InChI=1S/C24H42O21/c25-1-5-9(28)11(30)16(35)22(41-5)39-4-8-20(45-23-17(36)12(31)10(29)6(2-26)42-23)14(33)18(37)24(43-8)44-19-7(3-27)40-21(38)15(34)13(19)32/h5-38H,1-4H2/t5-,6+,7-,8-,9-,10-,11+,12-,13-,14-,15+,16-,17-,18-,19+,20+,21+,22-,23-,24+/m0/s1. The summed E-state index contributed by atoms with van der Waals surface area (Å²) in [7, 11) is 0. The Kier molecular flexibility index (Phi) is 12.8. The average Bonchev–Trinajstić information content (AvgIpc) is 3.03. The van der Waals surface area contributed by atoms with Gasteiger partial charge in [0, 0.05) is 0 Å². The minimum Gasteiger partial charge on any atom is -0.394 e. The van der Waals surface area contributed by atoms with Crippen LogP contribution < -0.4 is 0 Å². The second-order valence-corrected chi connectivity index (χ2v) is 11.2. The summed E-state index contributed by atoms with van der Waals surface area (Å²) in [5.41, 5.74) is 0. The molecule has 0 radical (unpaired) electrons. The fraction of sp³-hybridized carbons (Fsp3) is 1.00. The van der Waals surface area contributed by atoms with E-state index in [1.807, 2.05) is 0 Å². The molecule has 45 heavy (non-hydrogen) atoms. The summed E-state index contributed by atoms with van der Waals surface area (Å²) in [5, 5.41) is 142. The zero-order valence-electron chi connectivity index (χ0n) is 23.5. The van der Waals surface area contributed by atoms with Gasteiger partial charge in [-0.3, -0.25) is 0 Å². The number of aliphatic hydroxyl groups is 14. The van der Waals surface area contributed by atoms with Crippen molar-refractivity contribution in [3.63, 3.8) is 0 Å². The Hall–Kier alpha value is -0.840. The number of ether oxygens (including phenoxy) is 7. The third-order valence-electron chi connectivity index (χ3n) is 8.18. The molecule has 4 saturated heterocycles. The van der Waals surface area contributed by atoms with E-state index in [0.29, 0.717) is 0 Å². The van der Waals surface area contributed by atoms with Crippen LogP contribution in [0.5, 0.6) is 0 Å². The molecule has 0 aromatic carbocycles. The molecule has 0 amide bonds. The van der Waals surface area contributed by atoms with Gasteiger partial charge in [-0.25, -0.2) is 0 Å². The Bertz CT molecular complexity index is 912. The van der Waals surface area contributed by atoms with E-state index >= 15 is 0 Å². The van der Waals surface area contributed by atoms with Gasteiger partial charge in [0.1, 0.15) is 97.7 Å². The molecule has 4 aliphatic heterocycles. The smallest absolute Gasteiger partial charge is 0.187 e. The van der Waals surface area contributed by atoms with Gasteiger partial charge in [-0.1, -0.05) is 0 Å². The van der Waals surface area contributed by atoms with Crippen molar-refractivity contribution in [1.82, 2.24) is 0 Å². The maximum Gasteiger partial charge on any atom is 0.187 e. The van der Waals surface area contributed by atoms with Gasteiger partial charge in [-0.05, 0) is 0 Å². The number of hydrogen-bond acceptors (Lipinski definition) is 21. The van der Waals surface area contributed by atoms with Crippen molar-refractivity contribution in [2.75, 3.05) is 26.4 Å². The predicted octanol–water partition coefficient (Wildman–Crippen LogP) is -9.75. The maximum atomic E-state index is 11.1. The molecule has 21 heteroatoms. The van der Waals surface area contributed by atoms with Gasteiger partial charge in [0.25, 0.3) is 0 Å². The van der Waals surface area contributed by atoms with Crippen molar-refractivity contribution >= 4 is 0 Å². The summed E-state index contributed by atoms with van der Waals surface area (Å²) in [4.78, 5) is 0. The molecular weight excluding hydrogens is 624 g/mol. The van der Waals surface area contributed by atoms with E-state index < -0.39 is 149 Å². The van der Waals surface area contributed by atoms with E-state index in [-0.39, 0.29) is 0 Å². The van der Waals surface area contributed by atoms with Gasteiger partial charge in [0.2, 0.25) is 0 Å². The zero-order valence-corrected chi connectivity index (χ0v) is 23.5. The molecule has 0 saturated carbocycles. The third kappa shape index (κ3) is 7.59. The van der Waals surface area contributed by atoms with Crippen LogP contribution in [0.2, 0.25) is 0 Å². The van der Waals surface area contributed by atoms with E-state index in [4.69, 9.17) is 33.2 Å². The number of hydrogen-bond donors (Lipinski definition) is 14. The highest BCUT2D eigenvalue weighted by molar-refractivity contribution is 4.97. The third-order valence-corrected chi connectivity index (χ3v) is 8.18. The fourth-order valence-corrected chi connectivity index (χ4v) is 5.44. The lowest BCUT2D eigenvalue weighted by atomic mass is 9.96. The minimum atomic E-state index is -2.06. The predicted molar refractivity (Wildman–Crippen MR) is 134 cm³/mol. The summed E-state index contributed by atoms with van der Waals surface area (Å²) in [5.74, 6) is 0. The SMILES string of the molecule is OC[C@@H]1O[C@H](OC[C@@H]2O[C@H](O[C@H]3[C@@H](O)[C@@H](O)[C@H](O)O[C@H]3CO)[C@@H](O)[C@H](O)[C@@H]2O[C@@H]2O[C@H](CO)[C@H](O)[C@H](O)[C@@H]2O)[C@@H](O)[C@H](O)[C@H]1O. The van der Waals surface area contributed by atoms with Crippen molar-refractivity contribution in [1.29, 1.82) is 0 Å². The molecule has 4 fully saturated rings. The van der Waals surface area contributed by atoms with Crippen LogP contribution in [0.1, 0.15) is 0 Å². The largest absolute Gasteiger partial charge is 0.394 e. The van der Waals surface area contributed by atoms with Crippen LogP contribution in [0, 0.1) is 0 Å². The van der Waals surface area contributed by atoms with Crippen LogP contribution in [-0.2, 0) is 33.2 Å². The van der Waals surface area contributed by atoms with E-state index in [0.717, 1.165) is 0 Å². The Morgan fingerprint density at radius 3 is 1.29 bits per heavy atom. The van der Waals surface area contributed by atoms with Crippen molar-refractivity contribution in [2.45, 2.75) is 123 Å². The van der Waals surface area contributed by atoms with Crippen LogP contribution in [0.25, 0.3) is 0 Å². The van der Waals surface area contributed by atoms with E-state index in [1.165, 1.54) is 0 Å².